The Balaban J connectivity index is 1.29. The molecule has 2 saturated heterocycles. The van der Waals surface area contributed by atoms with Crippen molar-refractivity contribution in [3.05, 3.63) is 27.7 Å². The van der Waals surface area contributed by atoms with E-state index < -0.39 is 0 Å². The minimum Gasteiger partial charge on any atom is -0.352 e. The molecule has 0 radical (unpaired) electrons. The summed E-state index contributed by atoms with van der Waals surface area (Å²) in [7, 11) is 0. The number of carbonyl (C=O) groups excluding carboxylic acids is 1. The summed E-state index contributed by atoms with van der Waals surface area (Å²) in [4.78, 5) is 25.9. The molecule has 2 fully saturated rings. The summed E-state index contributed by atoms with van der Waals surface area (Å²) in [6.07, 6.45) is 5.89. The zero-order valence-electron chi connectivity index (χ0n) is 13.5. The fourth-order valence-electron chi connectivity index (χ4n) is 4.09. The molecule has 0 spiro atoms. The lowest BCUT2D eigenvalue weighted by atomic mass is 9.97. The summed E-state index contributed by atoms with van der Waals surface area (Å²) in [6, 6.07) is 2.08. The van der Waals surface area contributed by atoms with Crippen LogP contribution in [-0.2, 0) is 24.2 Å². The first-order valence-electron chi connectivity index (χ1n) is 8.79. The van der Waals surface area contributed by atoms with Crippen molar-refractivity contribution >= 4 is 5.91 Å². The molecule has 0 saturated carbocycles. The SMILES string of the molecule is O=C1CCCC(CN2CC(Cn3nc4c(cc3=O)CCC4)C2)N1. The van der Waals surface area contributed by atoms with Gasteiger partial charge in [0.2, 0.25) is 5.91 Å². The highest BCUT2D eigenvalue weighted by Gasteiger charge is 2.30. The van der Waals surface area contributed by atoms with E-state index in [1.165, 1.54) is 0 Å². The Bertz CT molecular complexity index is 663. The van der Waals surface area contributed by atoms with Crippen LogP contribution in [0.1, 0.15) is 36.9 Å². The minimum atomic E-state index is 0.0450. The van der Waals surface area contributed by atoms with Crippen LogP contribution in [0.4, 0.5) is 0 Å². The van der Waals surface area contributed by atoms with Crippen LogP contribution in [0.5, 0.6) is 0 Å². The third-order valence-corrected chi connectivity index (χ3v) is 5.29. The summed E-state index contributed by atoms with van der Waals surface area (Å²) in [5.74, 6) is 0.686. The van der Waals surface area contributed by atoms with Crippen molar-refractivity contribution in [1.82, 2.24) is 20.0 Å². The lowest BCUT2D eigenvalue weighted by Gasteiger charge is -2.41. The molecule has 23 heavy (non-hydrogen) atoms. The van der Waals surface area contributed by atoms with Gasteiger partial charge >= 0.3 is 0 Å². The number of amides is 1. The maximum absolute atomic E-state index is 12.1. The minimum absolute atomic E-state index is 0.0450. The number of rotatable bonds is 4. The van der Waals surface area contributed by atoms with E-state index in [4.69, 9.17) is 0 Å². The molecule has 2 aliphatic heterocycles. The van der Waals surface area contributed by atoms with Gasteiger partial charge in [-0.2, -0.15) is 5.10 Å². The molecule has 0 bridgehead atoms. The standard InChI is InChI=1S/C17H24N4O2/c22-16-6-2-4-14(18-16)11-20-8-12(9-20)10-21-17(23)7-13-3-1-5-15(13)19-21/h7,12,14H,1-6,8-11H2,(H,18,22). The molecule has 1 atom stereocenters. The van der Waals surface area contributed by atoms with E-state index in [0.717, 1.165) is 69.5 Å². The number of aryl methyl sites for hydroxylation is 2. The van der Waals surface area contributed by atoms with E-state index in [-0.39, 0.29) is 11.5 Å². The van der Waals surface area contributed by atoms with E-state index in [2.05, 4.69) is 15.3 Å². The molecule has 3 heterocycles. The van der Waals surface area contributed by atoms with Crippen LogP contribution < -0.4 is 10.9 Å². The molecule has 3 aliphatic rings. The van der Waals surface area contributed by atoms with Gasteiger partial charge in [-0.15, -0.1) is 0 Å². The van der Waals surface area contributed by atoms with Crippen LogP contribution in [-0.4, -0.2) is 46.3 Å². The largest absolute Gasteiger partial charge is 0.352 e. The fourth-order valence-corrected chi connectivity index (χ4v) is 4.09. The number of nitrogens with zero attached hydrogens (tertiary/aromatic N) is 3. The maximum Gasteiger partial charge on any atom is 0.267 e. The zero-order valence-corrected chi connectivity index (χ0v) is 13.5. The van der Waals surface area contributed by atoms with Gasteiger partial charge < -0.3 is 10.2 Å². The van der Waals surface area contributed by atoms with Gasteiger partial charge in [-0.1, -0.05) is 0 Å². The summed E-state index contributed by atoms with van der Waals surface area (Å²) < 4.78 is 1.66. The van der Waals surface area contributed by atoms with Crippen LogP contribution in [0.25, 0.3) is 0 Å². The summed E-state index contributed by atoms with van der Waals surface area (Å²) >= 11 is 0. The van der Waals surface area contributed by atoms with Crippen molar-refractivity contribution in [3.8, 4) is 0 Å². The zero-order chi connectivity index (χ0) is 15.8. The predicted molar refractivity (Wildman–Crippen MR) is 86.2 cm³/mol. The van der Waals surface area contributed by atoms with Gasteiger partial charge in [-0.05, 0) is 37.7 Å². The van der Waals surface area contributed by atoms with Crippen LogP contribution >= 0.6 is 0 Å². The summed E-state index contributed by atoms with van der Waals surface area (Å²) in [5.41, 5.74) is 2.31. The Morgan fingerprint density at radius 1 is 1.13 bits per heavy atom. The van der Waals surface area contributed by atoms with Gasteiger partial charge in [0.15, 0.2) is 0 Å². The second kappa shape index (κ2) is 6.07. The molecule has 1 aromatic rings. The van der Waals surface area contributed by atoms with Gasteiger partial charge in [0.05, 0.1) is 12.2 Å². The monoisotopic (exact) mass is 316 g/mol. The maximum atomic E-state index is 12.1. The number of hydrogen-bond acceptors (Lipinski definition) is 4. The predicted octanol–water partition coefficient (Wildman–Crippen LogP) is 0.333. The Hall–Kier alpha value is -1.69. The number of fused-ring (bicyclic) bond motifs is 1. The van der Waals surface area contributed by atoms with Crippen LogP contribution in [0, 0.1) is 5.92 Å². The number of nitrogens with one attached hydrogen (secondary N) is 1. The summed E-state index contributed by atoms with van der Waals surface area (Å²) in [5, 5.41) is 7.62. The fraction of sp³-hybridized carbons (Fsp3) is 0.706. The van der Waals surface area contributed by atoms with Crippen molar-refractivity contribution in [3.63, 3.8) is 0 Å². The number of hydrogen-bond donors (Lipinski definition) is 1. The van der Waals surface area contributed by atoms with Crippen LogP contribution in [0.2, 0.25) is 0 Å². The molecule has 124 valence electrons. The van der Waals surface area contributed by atoms with Crippen molar-refractivity contribution in [2.75, 3.05) is 19.6 Å². The number of aromatic nitrogens is 2. The van der Waals surface area contributed by atoms with Gasteiger partial charge in [0.1, 0.15) is 0 Å². The summed E-state index contributed by atoms with van der Waals surface area (Å²) in [6.45, 7) is 3.66. The van der Waals surface area contributed by atoms with Gasteiger partial charge in [-0.25, -0.2) is 4.68 Å². The van der Waals surface area contributed by atoms with Crippen molar-refractivity contribution in [2.45, 2.75) is 51.1 Å². The van der Waals surface area contributed by atoms with Gasteiger partial charge in [-0.3, -0.25) is 9.59 Å². The highest BCUT2D eigenvalue weighted by molar-refractivity contribution is 5.76. The molecule has 0 aromatic carbocycles. The third kappa shape index (κ3) is 3.17. The molecule has 1 unspecified atom stereocenters. The molecule has 4 rings (SSSR count). The first kappa shape index (κ1) is 14.9. The molecule has 1 aliphatic carbocycles. The van der Waals surface area contributed by atoms with Gasteiger partial charge in [0.25, 0.3) is 5.56 Å². The third-order valence-electron chi connectivity index (χ3n) is 5.29. The number of likely N-dealkylation sites (tertiary alicyclic amines) is 1. The van der Waals surface area contributed by atoms with E-state index >= 15 is 0 Å². The van der Waals surface area contributed by atoms with Crippen molar-refractivity contribution < 1.29 is 4.79 Å². The van der Waals surface area contributed by atoms with Gasteiger partial charge in [0, 0.05) is 44.1 Å². The Morgan fingerprint density at radius 2 is 2.00 bits per heavy atom. The molecule has 6 nitrogen and oxygen atoms in total. The molecule has 1 N–H and O–H groups in total. The smallest absolute Gasteiger partial charge is 0.267 e. The topological polar surface area (TPSA) is 67.2 Å². The Labute approximate surface area is 135 Å². The second-order valence-electron chi connectivity index (χ2n) is 7.23. The second-order valence-corrected chi connectivity index (χ2v) is 7.23. The lowest BCUT2D eigenvalue weighted by Crippen LogP contribution is -2.55. The Morgan fingerprint density at radius 3 is 2.83 bits per heavy atom. The average molecular weight is 316 g/mol. The quantitative estimate of drug-likeness (QED) is 0.869. The van der Waals surface area contributed by atoms with Crippen LogP contribution in [0.3, 0.4) is 0 Å². The molecule has 6 heteroatoms. The van der Waals surface area contributed by atoms with E-state index in [1.54, 1.807) is 10.7 Å². The van der Waals surface area contributed by atoms with E-state index in [0.29, 0.717) is 18.4 Å². The highest BCUT2D eigenvalue weighted by Crippen LogP contribution is 2.21. The normalized spacial score (nSPS) is 25.0. The molecule has 1 aromatic heterocycles. The van der Waals surface area contributed by atoms with E-state index in [1.807, 2.05) is 0 Å². The number of carbonyl (C=O) groups is 1. The first-order valence-corrected chi connectivity index (χ1v) is 8.79. The highest BCUT2D eigenvalue weighted by atomic mass is 16.1. The van der Waals surface area contributed by atoms with Crippen molar-refractivity contribution in [2.24, 2.45) is 5.92 Å². The van der Waals surface area contributed by atoms with Crippen LogP contribution in [0.15, 0.2) is 10.9 Å². The molecular weight excluding hydrogens is 292 g/mol. The lowest BCUT2D eigenvalue weighted by molar-refractivity contribution is -0.123. The first-order chi connectivity index (χ1) is 11.2. The van der Waals surface area contributed by atoms with Crippen molar-refractivity contribution in [1.29, 1.82) is 0 Å². The molecule has 1 amide bonds. The molecular formula is C17H24N4O2. The average Bonchev–Trinajstić information content (AvgIpc) is 2.92. The Kier molecular flexibility index (Phi) is 3.93. The van der Waals surface area contributed by atoms with E-state index in [9.17, 15) is 9.59 Å². The number of piperidine rings is 1.